The summed E-state index contributed by atoms with van der Waals surface area (Å²) >= 11 is 0. The lowest BCUT2D eigenvalue weighted by atomic mass is 9.92. The Balaban J connectivity index is 3.67. The smallest absolute Gasteiger partial charge is 0.0477 e. The third kappa shape index (κ3) is 11.0. The molecule has 0 radical (unpaired) electrons. The first-order valence-electron chi connectivity index (χ1n) is 6.92. The molecule has 4 nitrogen and oxygen atoms in total. The minimum Gasteiger partial charge on any atom is -0.309 e. The lowest BCUT2D eigenvalue weighted by Gasteiger charge is -2.32. The van der Waals surface area contributed by atoms with Gasteiger partial charge in [-0.1, -0.05) is 13.8 Å². The quantitative estimate of drug-likeness (QED) is 0.466. The van der Waals surface area contributed by atoms with Crippen molar-refractivity contribution in [1.82, 2.24) is 20.0 Å². The highest BCUT2D eigenvalue weighted by Crippen LogP contribution is 2.16. The number of rotatable bonds is 10. The van der Waals surface area contributed by atoms with E-state index < -0.39 is 0 Å². The molecule has 0 amide bonds. The van der Waals surface area contributed by atoms with Crippen molar-refractivity contribution in [2.24, 2.45) is 5.41 Å². The molecule has 4 heteroatoms. The van der Waals surface area contributed by atoms with Crippen molar-refractivity contribution in [1.29, 1.82) is 0 Å². The fourth-order valence-electron chi connectivity index (χ4n) is 2.48. The van der Waals surface area contributed by atoms with Gasteiger partial charge in [0.2, 0.25) is 0 Å². The molecule has 0 heterocycles. The van der Waals surface area contributed by atoms with Crippen LogP contribution in [0.3, 0.4) is 0 Å². The van der Waals surface area contributed by atoms with Crippen LogP contribution < -0.4 is 5.32 Å². The Kier molecular flexibility index (Phi) is 8.78. The van der Waals surface area contributed by atoms with Gasteiger partial charge in [-0.25, -0.2) is 0 Å². The molecule has 0 bridgehead atoms. The van der Waals surface area contributed by atoms with Crippen LogP contribution in [0.25, 0.3) is 0 Å². The molecule has 0 saturated heterocycles. The molecule has 1 N–H and O–H groups in total. The van der Waals surface area contributed by atoms with Crippen LogP contribution in [0, 0.1) is 5.41 Å². The van der Waals surface area contributed by atoms with E-state index in [1.807, 2.05) is 0 Å². The van der Waals surface area contributed by atoms with E-state index in [1.165, 1.54) is 6.42 Å². The number of hydrogen-bond donors (Lipinski definition) is 1. The molecule has 0 aliphatic rings. The summed E-state index contributed by atoms with van der Waals surface area (Å²) in [5.41, 5.74) is 0.337. The van der Waals surface area contributed by atoms with E-state index in [4.69, 9.17) is 0 Å². The zero-order chi connectivity index (χ0) is 14.2. The Labute approximate surface area is 114 Å². The second-order valence-electron chi connectivity index (χ2n) is 6.73. The summed E-state index contributed by atoms with van der Waals surface area (Å²) in [6.45, 7) is 10.1. The van der Waals surface area contributed by atoms with Crippen LogP contribution in [0.1, 0.15) is 20.3 Å². The van der Waals surface area contributed by atoms with Crippen LogP contribution in [0.2, 0.25) is 0 Å². The van der Waals surface area contributed by atoms with Crippen molar-refractivity contribution in [2.75, 3.05) is 68.1 Å². The molecule has 18 heavy (non-hydrogen) atoms. The standard InChI is InChI=1S/C14H34N4/c1-14(2,11-17(5)6)12-18(7)13-15-9-8-10-16(3)4/h15H,8-13H2,1-7H3. The molecule has 110 valence electrons. The van der Waals surface area contributed by atoms with Gasteiger partial charge in [0.05, 0.1) is 0 Å². The van der Waals surface area contributed by atoms with E-state index in [0.29, 0.717) is 5.41 Å². The predicted molar refractivity (Wildman–Crippen MR) is 81.0 cm³/mol. The minimum absolute atomic E-state index is 0.337. The van der Waals surface area contributed by atoms with Gasteiger partial charge in [0.25, 0.3) is 0 Å². The average Bonchev–Trinajstić information content (AvgIpc) is 2.13. The highest BCUT2D eigenvalue weighted by atomic mass is 15.2. The van der Waals surface area contributed by atoms with Gasteiger partial charge in [-0.3, -0.25) is 4.90 Å². The maximum Gasteiger partial charge on any atom is 0.0477 e. The van der Waals surface area contributed by atoms with Crippen LogP contribution in [-0.4, -0.2) is 82.8 Å². The van der Waals surface area contributed by atoms with Gasteiger partial charge in [-0.2, -0.15) is 0 Å². The Hall–Kier alpha value is -0.160. The largest absolute Gasteiger partial charge is 0.309 e. The summed E-state index contributed by atoms with van der Waals surface area (Å²) in [5, 5.41) is 3.50. The first-order valence-corrected chi connectivity index (χ1v) is 6.92. The van der Waals surface area contributed by atoms with E-state index in [2.05, 4.69) is 69.1 Å². The Morgan fingerprint density at radius 3 is 2.00 bits per heavy atom. The third-order valence-electron chi connectivity index (χ3n) is 2.78. The maximum atomic E-state index is 3.50. The van der Waals surface area contributed by atoms with Gasteiger partial charge in [0.15, 0.2) is 0 Å². The molecule has 0 rings (SSSR count). The number of nitrogens with zero attached hydrogens (tertiary/aromatic N) is 3. The zero-order valence-corrected chi connectivity index (χ0v) is 13.6. The summed E-state index contributed by atoms with van der Waals surface area (Å²) in [6.07, 6.45) is 1.21. The average molecular weight is 258 g/mol. The van der Waals surface area contributed by atoms with Crippen molar-refractivity contribution in [3.05, 3.63) is 0 Å². The van der Waals surface area contributed by atoms with Crippen molar-refractivity contribution >= 4 is 0 Å². The van der Waals surface area contributed by atoms with E-state index in [0.717, 1.165) is 32.8 Å². The van der Waals surface area contributed by atoms with Crippen LogP contribution >= 0.6 is 0 Å². The topological polar surface area (TPSA) is 21.8 Å². The first kappa shape index (κ1) is 17.8. The summed E-state index contributed by atoms with van der Waals surface area (Å²) in [7, 11) is 10.7. The Morgan fingerprint density at radius 2 is 1.50 bits per heavy atom. The van der Waals surface area contributed by atoms with Crippen LogP contribution in [0.4, 0.5) is 0 Å². The fraction of sp³-hybridized carbons (Fsp3) is 1.00. The molecule has 0 aromatic carbocycles. The molecule has 0 fully saturated rings. The summed E-state index contributed by atoms with van der Waals surface area (Å²) in [6, 6.07) is 0. The van der Waals surface area contributed by atoms with Crippen molar-refractivity contribution in [2.45, 2.75) is 20.3 Å². The molecule has 0 aliphatic carbocycles. The molecular weight excluding hydrogens is 224 g/mol. The van der Waals surface area contributed by atoms with Gasteiger partial charge < -0.3 is 15.1 Å². The maximum absolute atomic E-state index is 3.50. The third-order valence-corrected chi connectivity index (χ3v) is 2.78. The molecule has 0 aromatic heterocycles. The molecule has 0 saturated carbocycles. The molecule has 0 unspecified atom stereocenters. The predicted octanol–water partition coefficient (Wildman–Crippen LogP) is 1.00. The lowest BCUT2D eigenvalue weighted by molar-refractivity contribution is 0.157. The van der Waals surface area contributed by atoms with Crippen LogP contribution in [0.5, 0.6) is 0 Å². The van der Waals surface area contributed by atoms with Crippen LogP contribution in [-0.2, 0) is 0 Å². The van der Waals surface area contributed by atoms with Gasteiger partial charge in [-0.05, 0) is 60.2 Å². The molecule has 0 aromatic rings. The zero-order valence-electron chi connectivity index (χ0n) is 13.6. The molecule has 0 spiro atoms. The second kappa shape index (κ2) is 8.86. The highest BCUT2D eigenvalue weighted by Gasteiger charge is 2.20. The van der Waals surface area contributed by atoms with Crippen molar-refractivity contribution < 1.29 is 0 Å². The van der Waals surface area contributed by atoms with Gasteiger partial charge >= 0.3 is 0 Å². The number of hydrogen-bond acceptors (Lipinski definition) is 4. The van der Waals surface area contributed by atoms with Gasteiger partial charge in [0.1, 0.15) is 0 Å². The second-order valence-corrected chi connectivity index (χ2v) is 6.73. The fourth-order valence-corrected chi connectivity index (χ4v) is 2.48. The van der Waals surface area contributed by atoms with E-state index in [9.17, 15) is 0 Å². The van der Waals surface area contributed by atoms with E-state index in [-0.39, 0.29) is 0 Å². The summed E-state index contributed by atoms with van der Waals surface area (Å²) in [4.78, 5) is 6.86. The molecule has 0 atom stereocenters. The monoisotopic (exact) mass is 258 g/mol. The SMILES string of the molecule is CN(C)CCCNCN(C)CC(C)(C)CN(C)C. The summed E-state index contributed by atoms with van der Waals surface area (Å²) in [5.74, 6) is 0. The first-order chi connectivity index (χ1) is 8.23. The minimum atomic E-state index is 0.337. The molecule has 0 aliphatic heterocycles. The lowest BCUT2D eigenvalue weighted by Crippen LogP contribution is -2.42. The van der Waals surface area contributed by atoms with Crippen LogP contribution in [0.15, 0.2) is 0 Å². The Morgan fingerprint density at radius 1 is 0.889 bits per heavy atom. The van der Waals surface area contributed by atoms with E-state index >= 15 is 0 Å². The molecular formula is C14H34N4. The summed E-state index contributed by atoms with van der Waals surface area (Å²) < 4.78 is 0. The van der Waals surface area contributed by atoms with Crippen molar-refractivity contribution in [3.63, 3.8) is 0 Å². The van der Waals surface area contributed by atoms with E-state index in [1.54, 1.807) is 0 Å². The number of nitrogens with one attached hydrogen (secondary N) is 1. The Bertz CT molecular complexity index is 202. The van der Waals surface area contributed by atoms with Gasteiger partial charge in [0, 0.05) is 19.8 Å². The van der Waals surface area contributed by atoms with Crippen molar-refractivity contribution in [3.8, 4) is 0 Å². The normalized spacial score (nSPS) is 13.0. The highest BCUT2D eigenvalue weighted by molar-refractivity contribution is 4.74. The van der Waals surface area contributed by atoms with Gasteiger partial charge in [-0.15, -0.1) is 0 Å².